The van der Waals surface area contributed by atoms with E-state index in [2.05, 4.69) is 11.1 Å². The van der Waals surface area contributed by atoms with Gasteiger partial charge in [-0.25, -0.2) is 0 Å². The number of nitrogens with two attached hydrogens (primary N) is 1. The van der Waals surface area contributed by atoms with Gasteiger partial charge in [0.25, 0.3) is 0 Å². The minimum absolute atomic E-state index is 0.0376. The molecule has 1 aliphatic carbocycles. The summed E-state index contributed by atoms with van der Waals surface area (Å²) < 4.78 is 0. The molecule has 2 aromatic rings. The van der Waals surface area contributed by atoms with Gasteiger partial charge in [0.1, 0.15) is 5.75 Å². The smallest absolute Gasteiger partial charge is 0.129 e. The van der Waals surface area contributed by atoms with Crippen molar-refractivity contribution in [1.29, 1.82) is 0 Å². The SMILES string of the molecule is Cc1[nH]c2ccc(C3(CN)CC3)c(O)c2c1C. The highest BCUT2D eigenvalue weighted by Gasteiger charge is 2.45. The molecule has 17 heavy (non-hydrogen) atoms. The summed E-state index contributed by atoms with van der Waals surface area (Å²) in [5.41, 5.74) is 10.2. The molecule has 1 saturated carbocycles. The van der Waals surface area contributed by atoms with E-state index in [9.17, 15) is 5.11 Å². The molecular formula is C14H18N2O. The number of rotatable bonds is 2. The van der Waals surface area contributed by atoms with Crippen molar-refractivity contribution in [3.8, 4) is 5.75 Å². The number of hydrogen-bond acceptors (Lipinski definition) is 2. The van der Waals surface area contributed by atoms with E-state index in [0.717, 1.165) is 40.6 Å². The van der Waals surface area contributed by atoms with Gasteiger partial charge in [-0.05, 0) is 38.3 Å². The second-order valence-electron chi connectivity index (χ2n) is 5.24. The first-order valence-corrected chi connectivity index (χ1v) is 6.10. The maximum Gasteiger partial charge on any atom is 0.129 e. The molecule has 0 unspecified atom stereocenters. The minimum Gasteiger partial charge on any atom is -0.507 e. The van der Waals surface area contributed by atoms with Crippen molar-refractivity contribution in [3.63, 3.8) is 0 Å². The summed E-state index contributed by atoms with van der Waals surface area (Å²) in [5, 5.41) is 11.4. The zero-order valence-corrected chi connectivity index (χ0v) is 10.3. The second kappa shape index (κ2) is 3.26. The molecule has 0 spiro atoms. The number of fused-ring (bicyclic) bond motifs is 1. The molecule has 1 aromatic carbocycles. The molecule has 0 atom stereocenters. The number of aromatic nitrogens is 1. The lowest BCUT2D eigenvalue weighted by molar-refractivity contribution is 0.465. The average molecular weight is 230 g/mol. The lowest BCUT2D eigenvalue weighted by Crippen LogP contribution is -2.19. The Labute approximate surface area is 101 Å². The fourth-order valence-corrected chi connectivity index (χ4v) is 2.72. The first-order valence-electron chi connectivity index (χ1n) is 6.10. The van der Waals surface area contributed by atoms with E-state index >= 15 is 0 Å². The van der Waals surface area contributed by atoms with Crippen LogP contribution in [0.4, 0.5) is 0 Å². The molecule has 0 saturated heterocycles. The Morgan fingerprint density at radius 3 is 2.65 bits per heavy atom. The number of hydrogen-bond donors (Lipinski definition) is 3. The molecular weight excluding hydrogens is 212 g/mol. The van der Waals surface area contributed by atoms with Gasteiger partial charge in [-0.3, -0.25) is 0 Å². The van der Waals surface area contributed by atoms with Crippen LogP contribution < -0.4 is 5.73 Å². The normalized spacial score (nSPS) is 17.6. The van der Waals surface area contributed by atoms with Crippen molar-refractivity contribution in [2.45, 2.75) is 32.1 Å². The summed E-state index contributed by atoms with van der Waals surface area (Å²) >= 11 is 0. The van der Waals surface area contributed by atoms with Gasteiger partial charge in [0, 0.05) is 34.1 Å². The Hall–Kier alpha value is -1.48. The van der Waals surface area contributed by atoms with Gasteiger partial charge in [-0.1, -0.05) is 6.07 Å². The van der Waals surface area contributed by atoms with Crippen LogP contribution in [0.3, 0.4) is 0 Å². The van der Waals surface area contributed by atoms with Crippen LogP contribution >= 0.6 is 0 Å². The molecule has 0 aliphatic heterocycles. The van der Waals surface area contributed by atoms with E-state index in [0.29, 0.717) is 12.3 Å². The Kier molecular flexibility index (Phi) is 2.05. The second-order valence-corrected chi connectivity index (χ2v) is 5.24. The molecule has 90 valence electrons. The number of aryl methyl sites for hydroxylation is 2. The van der Waals surface area contributed by atoms with Crippen molar-refractivity contribution in [3.05, 3.63) is 29.0 Å². The third-order valence-electron chi connectivity index (χ3n) is 4.25. The van der Waals surface area contributed by atoms with Gasteiger partial charge in [-0.2, -0.15) is 0 Å². The van der Waals surface area contributed by atoms with Gasteiger partial charge >= 0.3 is 0 Å². The predicted molar refractivity (Wildman–Crippen MR) is 69.4 cm³/mol. The van der Waals surface area contributed by atoms with E-state index in [4.69, 9.17) is 5.73 Å². The van der Waals surface area contributed by atoms with Crippen LogP contribution in [-0.2, 0) is 5.41 Å². The number of aromatic hydroxyl groups is 1. The molecule has 1 aliphatic rings. The minimum atomic E-state index is 0.0376. The first kappa shape index (κ1) is 10.7. The fraction of sp³-hybridized carbons (Fsp3) is 0.429. The van der Waals surface area contributed by atoms with Gasteiger partial charge < -0.3 is 15.8 Å². The molecule has 0 bridgehead atoms. The molecule has 3 rings (SSSR count). The van der Waals surface area contributed by atoms with E-state index in [1.54, 1.807) is 0 Å². The largest absolute Gasteiger partial charge is 0.507 e. The topological polar surface area (TPSA) is 62.0 Å². The number of H-pyrrole nitrogens is 1. The van der Waals surface area contributed by atoms with E-state index in [-0.39, 0.29) is 5.41 Å². The number of aromatic amines is 1. The average Bonchev–Trinajstić information content (AvgIpc) is 3.04. The van der Waals surface area contributed by atoms with Gasteiger partial charge in [0.05, 0.1) is 0 Å². The lowest BCUT2D eigenvalue weighted by Gasteiger charge is -2.15. The molecule has 3 nitrogen and oxygen atoms in total. The van der Waals surface area contributed by atoms with E-state index in [1.165, 1.54) is 0 Å². The quantitative estimate of drug-likeness (QED) is 0.742. The fourth-order valence-electron chi connectivity index (χ4n) is 2.72. The Morgan fingerprint density at radius 2 is 2.06 bits per heavy atom. The van der Waals surface area contributed by atoms with Crippen molar-refractivity contribution in [1.82, 2.24) is 4.98 Å². The number of phenols is 1. The zero-order chi connectivity index (χ0) is 12.2. The third kappa shape index (κ3) is 1.32. The number of nitrogens with one attached hydrogen (secondary N) is 1. The summed E-state index contributed by atoms with van der Waals surface area (Å²) in [6.07, 6.45) is 2.18. The molecule has 0 amide bonds. The van der Waals surface area contributed by atoms with E-state index < -0.39 is 0 Å². The van der Waals surface area contributed by atoms with Crippen molar-refractivity contribution in [2.24, 2.45) is 5.73 Å². The first-order chi connectivity index (χ1) is 8.09. The standard InChI is InChI=1S/C14H18N2O/c1-8-9(2)16-11-4-3-10(13(17)12(8)11)14(7-15)5-6-14/h3-4,16-17H,5-7,15H2,1-2H3. The molecule has 1 heterocycles. The van der Waals surface area contributed by atoms with Crippen LogP contribution in [-0.4, -0.2) is 16.6 Å². The summed E-state index contributed by atoms with van der Waals surface area (Å²) in [6.45, 7) is 4.69. The Balaban J connectivity index is 2.29. The van der Waals surface area contributed by atoms with Gasteiger partial charge in [0.2, 0.25) is 0 Å². The number of phenolic OH excluding ortho intramolecular Hbond substituents is 1. The highest BCUT2D eigenvalue weighted by Crippen LogP contribution is 2.52. The predicted octanol–water partition coefficient (Wildman–Crippen LogP) is 2.48. The lowest BCUT2D eigenvalue weighted by atomic mass is 9.93. The van der Waals surface area contributed by atoms with Crippen LogP contribution in [0, 0.1) is 13.8 Å². The van der Waals surface area contributed by atoms with Crippen LogP contribution in [0.5, 0.6) is 5.75 Å². The highest BCUT2D eigenvalue weighted by molar-refractivity contribution is 5.91. The van der Waals surface area contributed by atoms with Crippen molar-refractivity contribution >= 4 is 10.9 Å². The number of benzene rings is 1. The zero-order valence-electron chi connectivity index (χ0n) is 10.3. The summed E-state index contributed by atoms with van der Waals surface area (Å²) in [5.74, 6) is 0.423. The molecule has 1 aromatic heterocycles. The summed E-state index contributed by atoms with van der Waals surface area (Å²) in [7, 11) is 0. The summed E-state index contributed by atoms with van der Waals surface area (Å²) in [4.78, 5) is 3.29. The van der Waals surface area contributed by atoms with Crippen LogP contribution in [0.1, 0.15) is 29.7 Å². The molecule has 1 fully saturated rings. The van der Waals surface area contributed by atoms with Crippen molar-refractivity contribution < 1.29 is 5.11 Å². The monoisotopic (exact) mass is 230 g/mol. The van der Waals surface area contributed by atoms with Gasteiger partial charge in [0.15, 0.2) is 0 Å². The Bertz CT molecular complexity index is 594. The third-order valence-corrected chi connectivity index (χ3v) is 4.25. The Morgan fingerprint density at radius 1 is 1.35 bits per heavy atom. The summed E-state index contributed by atoms with van der Waals surface area (Å²) in [6, 6.07) is 4.08. The maximum absolute atomic E-state index is 10.5. The van der Waals surface area contributed by atoms with Crippen LogP contribution in [0.15, 0.2) is 12.1 Å². The van der Waals surface area contributed by atoms with Gasteiger partial charge in [-0.15, -0.1) is 0 Å². The van der Waals surface area contributed by atoms with Crippen LogP contribution in [0.2, 0.25) is 0 Å². The van der Waals surface area contributed by atoms with E-state index in [1.807, 2.05) is 19.9 Å². The highest BCUT2D eigenvalue weighted by atomic mass is 16.3. The van der Waals surface area contributed by atoms with Crippen molar-refractivity contribution in [2.75, 3.05) is 6.54 Å². The molecule has 3 heteroatoms. The molecule has 0 radical (unpaired) electrons. The molecule has 4 N–H and O–H groups in total. The van der Waals surface area contributed by atoms with Crippen LogP contribution in [0.25, 0.3) is 10.9 Å². The maximum atomic E-state index is 10.5.